The minimum Gasteiger partial charge on any atom is -0.352 e. The summed E-state index contributed by atoms with van der Waals surface area (Å²) in [6.07, 6.45) is 1.40. The van der Waals surface area contributed by atoms with Gasteiger partial charge in [0.15, 0.2) is 0 Å². The Morgan fingerprint density at radius 2 is 1.76 bits per heavy atom. The van der Waals surface area contributed by atoms with Crippen molar-refractivity contribution in [3.63, 3.8) is 0 Å². The molecular formula is C24H32ClN3O4S. The summed E-state index contributed by atoms with van der Waals surface area (Å²) < 4.78 is 26.1. The molecule has 1 N–H and O–H groups in total. The van der Waals surface area contributed by atoms with Gasteiger partial charge >= 0.3 is 0 Å². The van der Waals surface area contributed by atoms with Crippen molar-refractivity contribution in [2.24, 2.45) is 0 Å². The van der Waals surface area contributed by atoms with Crippen molar-refractivity contribution in [1.29, 1.82) is 0 Å². The number of para-hydroxylation sites is 1. The van der Waals surface area contributed by atoms with Crippen molar-refractivity contribution in [3.8, 4) is 0 Å². The van der Waals surface area contributed by atoms with Crippen LogP contribution in [0.25, 0.3) is 0 Å². The highest BCUT2D eigenvalue weighted by Gasteiger charge is 2.32. The summed E-state index contributed by atoms with van der Waals surface area (Å²) in [6, 6.07) is 13.2. The van der Waals surface area contributed by atoms with E-state index in [0.29, 0.717) is 6.42 Å². The molecule has 0 aromatic heterocycles. The average Bonchev–Trinajstić information content (AvgIpc) is 2.71. The van der Waals surface area contributed by atoms with Crippen LogP contribution >= 0.6 is 11.6 Å². The van der Waals surface area contributed by atoms with Crippen LogP contribution in [0.15, 0.2) is 48.5 Å². The van der Waals surface area contributed by atoms with Gasteiger partial charge in [0.05, 0.1) is 17.0 Å². The topological polar surface area (TPSA) is 86.8 Å². The second-order valence-electron chi connectivity index (χ2n) is 8.32. The van der Waals surface area contributed by atoms with Crippen molar-refractivity contribution in [1.82, 2.24) is 10.2 Å². The average molecular weight is 494 g/mol. The van der Waals surface area contributed by atoms with Crippen molar-refractivity contribution < 1.29 is 18.0 Å². The molecule has 0 bridgehead atoms. The number of carbonyl (C=O) groups is 2. The molecule has 0 aliphatic carbocycles. The first-order valence-electron chi connectivity index (χ1n) is 10.8. The van der Waals surface area contributed by atoms with Gasteiger partial charge in [-0.15, -0.1) is 0 Å². The molecule has 2 amide bonds. The van der Waals surface area contributed by atoms with E-state index in [4.69, 9.17) is 11.6 Å². The van der Waals surface area contributed by atoms with Gasteiger partial charge in [-0.3, -0.25) is 13.9 Å². The molecule has 0 aliphatic heterocycles. The molecule has 2 aromatic carbocycles. The fraction of sp³-hybridized carbons (Fsp3) is 0.417. The smallest absolute Gasteiger partial charge is 0.244 e. The Balaban J connectivity index is 2.46. The number of halogens is 1. The van der Waals surface area contributed by atoms with E-state index in [-0.39, 0.29) is 29.2 Å². The zero-order valence-corrected chi connectivity index (χ0v) is 21.3. The van der Waals surface area contributed by atoms with Crippen LogP contribution in [0.2, 0.25) is 5.02 Å². The molecule has 0 saturated heterocycles. The molecule has 0 radical (unpaired) electrons. The molecule has 0 fully saturated rings. The van der Waals surface area contributed by atoms with Gasteiger partial charge in [-0.05, 0) is 44.9 Å². The molecule has 0 spiro atoms. The largest absolute Gasteiger partial charge is 0.352 e. The maximum Gasteiger partial charge on any atom is 0.244 e. The summed E-state index contributed by atoms with van der Waals surface area (Å²) in [6.45, 7) is 7.16. The van der Waals surface area contributed by atoms with Gasteiger partial charge in [-0.25, -0.2) is 8.42 Å². The number of rotatable bonds is 10. The first-order chi connectivity index (χ1) is 15.4. The third-order valence-corrected chi connectivity index (χ3v) is 6.50. The monoisotopic (exact) mass is 493 g/mol. The van der Waals surface area contributed by atoms with Crippen molar-refractivity contribution in [2.75, 3.05) is 17.1 Å². The van der Waals surface area contributed by atoms with Gasteiger partial charge in [0, 0.05) is 12.6 Å². The predicted octanol–water partition coefficient (Wildman–Crippen LogP) is 3.75. The van der Waals surface area contributed by atoms with Crippen LogP contribution in [-0.4, -0.2) is 50.0 Å². The SMILES string of the molecule is CC[C@@H](C(=O)NC(C)C)N(Cc1cccc(C)c1)C(=O)CN(c1ccccc1Cl)S(C)(=O)=O. The fourth-order valence-corrected chi connectivity index (χ4v) is 4.71. The van der Waals surface area contributed by atoms with Gasteiger partial charge in [-0.2, -0.15) is 0 Å². The predicted molar refractivity (Wildman–Crippen MR) is 133 cm³/mol. The lowest BCUT2D eigenvalue weighted by molar-refractivity contribution is -0.140. The van der Waals surface area contributed by atoms with E-state index in [1.807, 2.05) is 52.0 Å². The molecule has 2 rings (SSSR count). The number of aryl methyl sites for hydroxylation is 1. The second-order valence-corrected chi connectivity index (χ2v) is 10.6. The van der Waals surface area contributed by atoms with Crippen LogP contribution in [0.5, 0.6) is 0 Å². The number of benzene rings is 2. The Morgan fingerprint density at radius 1 is 1.09 bits per heavy atom. The van der Waals surface area contributed by atoms with Crippen molar-refractivity contribution >= 4 is 39.1 Å². The van der Waals surface area contributed by atoms with Gasteiger partial charge in [-0.1, -0.05) is 60.5 Å². The number of anilines is 1. The molecule has 33 heavy (non-hydrogen) atoms. The van der Waals surface area contributed by atoms with E-state index in [0.717, 1.165) is 21.7 Å². The minimum atomic E-state index is -3.82. The number of carbonyl (C=O) groups excluding carboxylic acids is 2. The Kier molecular flexibility index (Phi) is 9.31. The summed E-state index contributed by atoms with van der Waals surface area (Å²) in [4.78, 5) is 27.9. The Labute approximate surface area is 201 Å². The third-order valence-electron chi connectivity index (χ3n) is 5.05. The number of amides is 2. The highest BCUT2D eigenvalue weighted by Crippen LogP contribution is 2.27. The Morgan fingerprint density at radius 3 is 2.30 bits per heavy atom. The Bertz CT molecular complexity index is 1090. The van der Waals surface area contributed by atoms with Crippen LogP contribution < -0.4 is 9.62 Å². The summed E-state index contributed by atoms with van der Waals surface area (Å²) in [5, 5.41) is 3.08. The lowest BCUT2D eigenvalue weighted by Gasteiger charge is -2.33. The van der Waals surface area contributed by atoms with Crippen molar-refractivity contribution in [2.45, 2.75) is 52.7 Å². The van der Waals surface area contributed by atoms with E-state index in [9.17, 15) is 18.0 Å². The zero-order chi connectivity index (χ0) is 24.8. The summed E-state index contributed by atoms with van der Waals surface area (Å²) in [5.74, 6) is -0.773. The first-order valence-corrected chi connectivity index (χ1v) is 13.0. The maximum atomic E-state index is 13.6. The molecule has 0 heterocycles. The van der Waals surface area contributed by atoms with E-state index in [1.54, 1.807) is 24.3 Å². The molecule has 2 aromatic rings. The van der Waals surface area contributed by atoms with Crippen LogP contribution in [0.4, 0.5) is 5.69 Å². The molecule has 0 saturated carbocycles. The van der Waals surface area contributed by atoms with Crippen LogP contribution in [-0.2, 0) is 26.2 Å². The lowest BCUT2D eigenvalue weighted by atomic mass is 10.1. The van der Waals surface area contributed by atoms with Gasteiger partial charge in [0.25, 0.3) is 0 Å². The number of nitrogens with one attached hydrogen (secondary N) is 1. The minimum absolute atomic E-state index is 0.0990. The first kappa shape index (κ1) is 26.7. The lowest BCUT2D eigenvalue weighted by Crippen LogP contribution is -2.53. The zero-order valence-electron chi connectivity index (χ0n) is 19.7. The molecule has 0 unspecified atom stereocenters. The quantitative estimate of drug-likeness (QED) is 0.546. The highest BCUT2D eigenvalue weighted by atomic mass is 35.5. The standard InChI is InChI=1S/C24H32ClN3O4S/c1-6-21(24(30)26-17(2)3)27(15-19-11-9-10-18(4)14-19)23(29)16-28(33(5,31)32)22-13-8-7-12-20(22)25/h7-14,17,21H,6,15-16H2,1-5H3,(H,26,30)/t21-/m0/s1. The number of hydrogen-bond acceptors (Lipinski definition) is 4. The van der Waals surface area contributed by atoms with Crippen molar-refractivity contribution in [3.05, 3.63) is 64.7 Å². The third kappa shape index (κ3) is 7.47. The number of sulfonamides is 1. The van der Waals surface area contributed by atoms with E-state index in [1.165, 1.54) is 4.90 Å². The van der Waals surface area contributed by atoms with Gasteiger partial charge in [0.2, 0.25) is 21.8 Å². The van der Waals surface area contributed by atoms with Gasteiger partial charge in [0.1, 0.15) is 12.6 Å². The Hall–Kier alpha value is -2.58. The van der Waals surface area contributed by atoms with E-state index in [2.05, 4.69) is 5.32 Å². The molecular weight excluding hydrogens is 462 g/mol. The summed E-state index contributed by atoms with van der Waals surface area (Å²) in [7, 11) is -3.82. The summed E-state index contributed by atoms with van der Waals surface area (Å²) >= 11 is 6.24. The number of nitrogens with zero attached hydrogens (tertiary/aromatic N) is 2. The maximum absolute atomic E-state index is 13.6. The van der Waals surface area contributed by atoms with Crippen LogP contribution in [0, 0.1) is 6.92 Å². The van der Waals surface area contributed by atoms with Crippen LogP contribution in [0.3, 0.4) is 0 Å². The normalized spacial score (nSPS) is 12.3. The van der Waals surface area contributed by atoms with E-state index >= 15 is 0 Å². The fourth-order valence-electron chi connectivity index (χ4n) is 3.56. The molecule has 7 nitrogen and oxygen atoms in total. The second kappa shape index (κ2) is 11.5. The molecule has 1 atom stereocenters. The molecule has 180 valence electrons. The molecule has 9 heteroatoms. The van der Waals surface area contributed by atoms with E-state index < -0.39 is 28.5 Å². The van der Waals surface area contributed by atoms with Gasteiger partial charge < -0.3 is 10.2 Å². The highest BCUT2D eigenvalue weighted by molar-refractivity contribution is 7.92. The molecule has 0 aliphatic rings. The number of hydrogen-bond donors (Lipinski definition) is 1. The van der Waals surface area contributed by atoms with Crippen LogP contribution in [0.1, 0.15) is 38.3 Å². The summed E-state index contributed by atoms with van der Waals surface area (Å²) in [5.41, 5.74) is 2.08.